The molecule has 0 aliphatic heterocycles. The van der Waals surface area contributed by atoms with Gasteiger partial charge in [0.1, 0.15) is 11.8 Å². The third-order valence-electron chi connectivity index (χ3n) is 4.97. The first-order chi connectivity index (χ1) is 9.83. The molecule has 2 fully saturated rings. The van der Waals surface area contributed by atoms with E-state index in [-0.39, 0.29) is 0 Å². The second-order valence-electron chi connectivity index (χ2n) is 5.79. The molecule has 4 rings (SSSR count). The van der Waals surface area contributed by atoms with Crippen LogP contribution in [-0.2, 0) is 4.74 Å². The molecule has 2 aliphatic carbocycles. The Morgan fingerprint density at radius 3 is 3.05 bits per heavy atom. The number of imidazole rings is 1. The number of aromatic nitrogens is 4. The molecule has 106 valence electrons. The summed E-state index contributed by atoms with van der Waals surface area (Å²) < 4.78 is 5.88. The topological polar surface area (TPSA) is 75.7 Å². The van der Waals surface area contributed by atoms with Gasteiger partial charge in [0.15, 0.2) is 11.5 Å². The van der Waals surface area contributed by atoms with Crippen molar-refractivity contribution in [2.45, 2.75) is 44.8 Å². The zero-order valence-corrected chi connectivity index (χ0v) is 11.6. The van der Waals surface area contributed by atoms with Crippen LogP contribution >= 0.6 is 0 Å². The summed E-state index contributed by atoms with van der Waals surface area (Å²) in [5.41, 5.74) is 1.93. The van der Waals surface area contributed by atoms with Crippen LogP contribution in [0.25, 0.3) is 11.2 Å². The van der Waals surface area contributed by atoms with E-state index in [0.717, 1.165) is 24.4 Å². The Labute approximate surface area is 117 Å². The minimum Gasteiger partial charge on any atom is -0.378 e. The van der Waals surface area contributed by atoms with Gasteiger partial charge in [0.05, 0.1) is 12.4 Å². The lowest BCUT2D eigenvalue weighted by Crippen LogP contribution is -2.64. The summed E-state index contributed by atoms with van der Waals surface area (Å²) in [7, 11) is 0. The maximum Gasteiger partial charge on any atom is 0.182 e. The number of nitrogens with zero attached hydrogens (tertiary/aromatic N) is 3. The lowest BCUT2D eigenvalue weighted by Gasteiger charge is -2.61. The van der Waals surface area contributed by atoms with Crippen molar-refractivity contribution >= 4 is 17.0 Å². The van der Waals surface area contributed by atoms with Crippen LogP contribution in [0, 0.1) is 5.41 Å². The zero-order valence-electron chi connectivity index (χ0n) is 11.6. The summed E-state index contributed by atoms with van der Waals surface area (Å²) in [6.07, 6.45) is 8.53. The summed E-state index contributed by atoms with van der Waals surface area (Å²) in [4.78, 5) is 15.8. The molecule has 6 heteroatoms. The molecule has 2 atom stereocenters. The standard InChI is InChI=1S/C14H19N5O/c1-2-20-10-6-9(14(10)4-3-5-14)19-13-11-12(16-7-15-11)17-8-18-13/h7-10H,2-6H2,1H3,(H2,15,16,17,18,19)/t9-,10-/m0/s1. The fourth-order valence-corrected chi connectivity index (χ4v) is 3.68. The fraction of sp³-hybridized carbons (Fsp3) is 0.643. The molecule has 2 saturated carbocycles. The maximum absolute atomic E-state index is 5.88. The predicted molar refractivity (Wildman–Crippen MR) is 75.4 cm³/mol. The summed E-state index contributed by atoms with van der Waals surface area (Å²) in [5, 5.41) is 3.59. The molecular formula is C14H19N5O. The van der Waals surface area contributed by atoms with Gasteiger partial charge in [0, 0.05) is 18.1 Å². The Kier molecular flexibility index (Phi) is 2.66. The van der Waals surface area contributed by atoms with Crippen LogP contribution < -0.4 is 5.32 Å². The highest BCUT2D eigenvalue weighted by molar-refractivity contribution is 5.82. The smallest absolute Gasteiger partial charge is 0.182 e. The van der Waals surface area contributed by atoms with Crippen molar-refractivity contribution in [1.82, 2.24) is 19.9 Å². The van der Waals surface area contributed by atoms with Crippen LogP contribution in [0.15, 0.2) is 12.7 Å². The minimum absolute atomic E-state index is 0.327. The van der Waals surface area contributed by atoms with E-state index in [1.165, 1.54) is 19.3 Å². The Balaban J connectivity index is 1.56. The van der Waals surface area contributed by atoms with Crippen molar-refractivity contribution < 1.29 is 4.74 Å². The SMILES string of the molecule is CCO[C@H]1C[C@H](Nc2ncnc3nc[nH]c23)C12CCC2. The normalized spacial score (nSPS) is 27.2. The molecule has 2 aromatic heterocycles. The number of rotatable bonds is 4. The molecule has 1 spiro atoms. The van der Waals surface area contributed by atoms with E-state index < -0.39 is 0 Å². The van der Waals surface area contributed by atoms with Crippen molar-refractivity contribution in [2.24, 2.45) is 5.41 Å². The molecule has 0 radical (unpaired) electrons. The molecule has 2 N–H and O–H groups in total. The summed E-state index contributed by atoms with van der Waals surface area (Å²) in [6.45, 7) is 2.88. The second-order valence-corrected chi connectivity index (χ2v) is 5.79. The highest BCUT2D eigenvalue weighted by atomic mass is 16.5. The second kappa shape index (κ2) is 4.41. The molecule has 2 heterocycles. The molecule has 0 unspecified atom stereocenters. The van der Waals surface area contributed by atoms with E-state index in [2.05, 4.69) is 32.2 Å². The third-order valence-corrected chi connectivity index (χ3v) is 4.97. The van der Waals surface area contributed by atoms with Crippen LogP contribution in [0.5, 0.6) is 0 Å². The van der Waals surface area contributed by atoms with Gasteiger partial charge in [-0.1, -0.05) is 6.42 Å². The van der Waals surface area contributed by atoms with Crippen molar-refractivity contribution in [3.8, 4) is 0 Å². The third kappa shape index (κ3) is 1.57. The molecular weight excluding hydrogens is 254 g/mol. The average Bonchev–Trinajstić information content (AvgIpc) is 2.84. The van der Waals surface area contributed by atoms with Gasteiger partial charge in [-0.05, 0) is 26.2 Å². The van der Waals surface area contributed by atoms with Crippen LogP contribution in [-0.4, -0.2) is 38.7 Å². The molecule has 0 aromatic carbocycles. The number of fused-ring (bicyclic) bond motifs is 1. The zero-order chi connectivity index (χ0) is 13.6. The number of aromatic amines is 1. The number of ether oxygens (including phenoxy) is 1. The van der Waals surface area contributed by atoms with E-state index in [0.29, 0.717) is 23.2 Å². The average molecular weight is 273 g/mol. The molecule has 0 saturated heterocycles. The molecule has 6 nitrogen and oxygen atoms in total. The number of anilines is 1. The first kappa shape index (κ1) is 12.1. The Morgan fingerprint density at radius 2 is 2.30 bits per heavy atom. The van der Waals surface area contributed by atoms with Crippen LogP contribution in [0.1, 0.15) is 32.6 Å². The van der Waals surface area contributed by atoms with E-state index >= 15 is 0 Å². The van der Waals surface area contributed by atoms with Crippen molar-refractivity contribution in [3.63, 3.8) is 0 Å². The van der Waals surface area contributed by atoms with Gasteiger partial charge in [-0.15, -0.1) is 0 Å². The van der Waals surface area contributed by atoms with Crippen LogP contribution in [0.3, 0.4) is 0 Å². The number of H-pyrrole nitrogens is 1. The van der Waals surface area contributed by atoms with E-state index in [9.17, 15) is 0 Å². The number of hydrogen-bond acceptors (Lipinski definition) is 5. The minimum atomic E-state index is 0.327. The first-order valence-electron chi connectivity index (χ1n) is 7.36. The Hall–Kier alpha value is -1.69. The van der Waals surface area contributed by atoms with Crippen molar-refractivity contribution in [3.05, 3.63) is 12.7 Å². The van der Waals surface area contributed by atoms with Gasteiger partial charge in [-0.3, -0.25) is 0 Å². The van der Waals surface area contributed by atoms with Gasteiger partial charge in [-0.25, -0.2) is 15.0 Å². The van der Waals surface area contributed by atoms with E-state index in [1.54, 1.807) is 12.7 Å². The maximum atomic E-state index is 5.88. The lowest BCUT2D eigenvalue weighted by molar-refractivity contribution is -0.157. The van der Waals surface area contributed by atoms with Gasteiger partial charge < -0.3 is 15.0 Å². The van der Waals surface area contributed by atoms with Gasteiger partial charge in [-0.2, -0.15) is 0 Å². The number of nitrogens with one attached hydrogen (secondary N) is 2. The van der Waals surface area contributed by atoms with Crippen molar-refractivity contribution in [1.29, 1.82) is 0 Å². The largest absolute Gasteiger partial charge is 0.378 e. The van der Waals surface area contributed by atoms with E-state index in [4.69, 9.17) is 4.74 Å². The summed E-state index contributed by atoms with van der Waals surface area (Å²) >= 11 is 0. The van der Waals surface area contributed by atoms with Gasteiger partial charge >= 0.3 is 0 Å². The molecule has 0 bridgehead atoms. The monoisotopic (exact) mass is 273 g/mol. The quantitative estimate of drug-likeness (QED) is 0.892. The molecule has 0 amide bonds. The highest BCUT2D eigenvalue weighted by Crippen LogP contribution is 2.58. The van der Waals surface area contributed by atoms with E-state index in [1.807, 2.05) is 0 Å². The number of hydrogen-bond donors (Lipinski definition) is 2. The first-order valence-corrected chi connectivity index (χ1v) is 7.36. The molecule has 2 aliphatic rings. The molecule has 20 heavy (non-hydrogen) atoms. The van der Waals surface area contributed by atoms with Gasteiger partial charge in [0.25, 0.3) is 0 Å². The molecule has 2 aromatic rings. The Bertz CT molecular complexity index is 621. The van der Waals surface area contributed by atoms with Crippen LogP contribution in [0.2, 0.25) is 0 Å². The van der Waals surface area contributed by atoms with Crippen LogP contribution in [0.4, 0.5) is 5.82 Å². The summed E-state index contributed by atoms with van der Waals surface area (Å²) in [5.74, 6) is 0.860. The highest BCUT2D eigenvalue weighted by Gasteiger charge is 2.59. The fourth-order valence-electron chi connectivity index (χ4n) is 3.68. The predicted octanol–water partition coefficient (Wildman–Crippen LogP) is 2.11. The lowest BCUT2D eigenvalue weighted by atomic mass is 9.51. The Morgan fingerprint density at radius 1 is 1.40 bits per heavy atom. The van der Waals surface area contributed by atoms with Gasteiger partial charge in [0.2, 0.25) is 0 Å². The van der Waals surface area contributed by atoms with Crippen molar-refractivity contribution in [2.75, 3.05) is 11.9 Å². The summed E-state index contributed by atoms with van der Waals surface area (Å²) in [6, 6.07) is 0.453.